The van der Waals surface area contributed by atoms with Gasteiger partial charge in [0.25, 0.3) is 5.91 Å². The molecular formula is C15H16FN5O2S. The highest BCUT2D eigenvalue weighted by Gasteiger charge is 2.32. The Kier molecular flexibility index (Phi) is 3.91. The maximum atomic E-state index is 14.8. The minimum absolute atomic E-state index is 0.121. The van der Waals surface area contributed by atoms with Crippen LogP contribution in [-0.4, -0.2) is 40.6 Å². The first-order valence-electron chi connectivity index (χ1n) is 7.66. The third kappa shape index (κ3) is 2.54. The highest BCUT2D eigenvalue weighted by Crippen LogP contribution is 2.34. The van der Waals surface area contributed by atoms with E-state index in [0.29, 0.717) is 36.5 Å². The van der Waals surface area contributed by atoms with E-state index in [2.05, 4.69) is 20.0 Å². The van der Waals surface area contributed by atoms with Gasteiger partial charge in [-0.15, -0.1) is 0 Å². The van der Waals surface area contributed by atoms with E-state index in [9.17, 15) is 9.18 Å². The first-order valence-corrected chi connectivity index (χ1v) is 8.44. The summed E-state index contributed by atoms with van der Waals surface area (Å²) in [7, 11) is 0. The molecule has 2 aromatic rings. The van der Waals surface area contributed by atoms with Gasteiger partial charge >= 0.3 is 0 Å². The summed E-state index contributed by atoms with van der Waals surface area (Å²) in [6.45, 7) is 1.15. The molecule has 9 heteroatoms. The van der Waals surface area contributed by atoms with Gasteiger partial charge in [-0.05, 0) is 24.0 Å². The van der Waals surface area contributed by atoms with Gasteiger partial charge in [0.05, 0.1) is 22.7 Å². The van der Waals surface area contributed by atoms with E-state index in [0.717, 1.165) is 4.88 Å². The van der Waals surface area contributed by atoms with Gasteiger partial charge in [-0.3, -0.25) is 4.79 Å². The zero-order chi connectivity index (χ0) is 16.7. The van der Waals surface area contributed by atoms with Crippen LogP contribution in [-0.2, 0) is 11.3 Å². The second kappa shape index (κ2) is 6.08. The first-order chi connectivity index (χ1) is 11.6. The molecule has 0 aromatic carbocycles. The van der Waals surface area contributed by atoms with Crippen molar-refractivity contribution >= 4 is 23.3 Å². The molecule has 0 aliphatic carbocycles. The maximum absolute atomic E-state index is 14.8. The number of carbonyl (C=O) groups excluding carboxylic acids is 1. The number of aromatic nitrogens is 2. The Morgan fingerprint density at radius 2 is 2.38 bits per heavy atom. The van der Waals surface area contributed by atoms with Crippen LogP contribution >= 0.6 is 11.5 Å². The van der Waals surface area contributed by atoms with Crippen molar-refractivity contribution in [2.24, 2.45) is 5.73 Å². The topological polar surface area (TPSA) is 102 Å². The average molecular weight is 349 g/mol. The van der Waals surface area contributed by atoms with Crippen LogP contribution < -0.4 is 16.4 Å². The normalized spacial score (nSPS) is 23.0. The molecule has 2 aliphatic heterocycles. The number of anilines is 1. The number of hydrogen-bond acceptors (Lipinski definition) is 7. The van der Waals surface area contributed by atoms with Crippen LogP contribution in [0.5, 0.6) is 0 Å². The summed E-state index contributed by atoms with van der Waals surface area (Å²) in [5.41, 5.74) is 7.11. The molecule has 2 atom stereocenters. The van der Waals surface area contributed by atoms with Crippen LogP contribution in [0.2, 0.25) is 0 Å². The van der Waals surface area contributed by atoms with Crippen molar-refractivity contribution in [2.45, 2.75) is 25.0 Å². The fourth-order valence-corrected chi connectivity index (χ4v) is 3.60. The fraction of sp³-hybridized carbons (Fsp3) is 0.400. The molecule has 1 amide bonds. The SMILES string of the molecule is NC1COCCC1Nc1nc(-c2ccns2)c2c(c1F)CNC2=O. The standard InChI is InChI=1S/C15H16FN5O2S/c16-12-7-5-18-15(22)11(7)13(10-1-3-19-24-10)21-14(12)20-9-2-4-23-6-8(9)17/h1,3,8-9H,2,4-6,17H2,(H,18,22)(H,20,21). The average Bonchev–Trinajstić information content (AvgIpc) is 3.23. The number of hydrogen-bond donors (Lipinski definition) is 3. The molecule has 4 N–H and O–H groups in total. The number of fused-ring (bicyclic) bond motifs is 1. The Morgan fingerprint density at radius 1 is 1.50 bits per heavy atom. The van der Waals surface area contributed by atoms with Crippen LogP contribution in [0.25, 0.3) is 10.6 Å². The minimum Gasteiger partial charge on any atom is -0.380 e. The highest BCUT2D eigenvalue weighted by molar-refractivity contribution is 7.09. The van der Waals surface area contributed by atoms with E-state index >= 15 is 0 Å². The van der Waals surface area contributed by atoms with Crippen molar-refractivity contribution in [2.75, 3.05) is 18.5 Å². The highest BCUT2D eigenvalue weighted by atomic mass is 32.1. The third-order valence-corrected chi connectivity index (χ3v) is 5.03. The number of amides is 1. The van der Waals surface area contributed by atoms with E-state index in [1.54, 1.807) is 12.3 Å². The van der Waals surface area contributed by atoms with Crippen LogP contribution in [0.3, 0.4) is 0 Å². The summed E-state index contributed by atoms with van der Waals surface area (Å²) >= 11 is 1.22. The lowest BCUT2D eigenvalue weighted by atomic mass is 10.0. The van der Waals surface area contributed by atoms with Crippen molar-refractivity contribution in [3.05, 3.63) is 29.2 Å². The van der Waals surface area contributed by atoms with Crippen molar-refractivity contribution < 1.29 is 13.9 Å². The van der Waals surface area contributed by atoms with Gasteiger partial charge in [0.2, 0.25) is 0 Å². The van der Waals surface area contributed by atoms with Crippen LogP contribution in [0.4, 0.5) is 10.2 Å². The zero-order valence-corrected chi connectivity index (χ0v) is 13.5. The number of ether oxygens (including phenoxy) is 1. The van der Waals surface area contributed by atoms with Gasteiger partial charge in [-0.25, -0.2) is 13.7 Å². The predicted octanol–water partition coefficient (Wildman–Crippen LogP) is 1.12. The number of nitrogens with one attached hydrogen (secondary N) is 2. The Balaban J connectivity index is 1.78. The Labute approximate surface area is 141 Å². The Morgan fingerprint density at radius 3 is 3.12 bits per heavy atom. The molecule has 24 heavy (non-hydrogen) atoms. The van der Waals surface area contributed by atoms with E-state index in [1.165, 1.54) is 11.5 Å². The second-order valence-corrected chi connectivity index (χ2v) is 6.65. The molecule has 0 saturated carbocycles. The summed E-state index contributed by atoms with van der Waals surface area (Å²) in [6, 6.07) is 1.40. The third-order valence-electron chi connectivity index (χ3n) is 4.28. The smallest absolute Gasteiger partial charge is 0.254 e. The van der Waals surface area contributed by atoms with Gasteiger partial charge in [0.1, 0.15) is 0 Å². The minimum atomic E-state index is -0.504. The zero-order valence-electron chi connectivity index (χ0n) is 12.7. The Hall–Kier alpha value is -2.10. The second-order valence-electron chi connectivity index (χ2n) is 5.81. The molecule has 0 spiro atoms. The molecule has 0 radical (unpaired) electrons. The summed E-state index contributed by atoms with van der Waals surface area (Å²) in [5, 5.41) is 5.76. The molecule has 1 saturated heterocycles. The van der Waals surface area contributed by atoms with E-state index in [4.69, 9.17) is 10.5 Å². The largest absolute Gasteiger partial charge is 0.380 e. The van der Waals surface area contributed by atoms with E-state index in [-0.39, 0.29) is 30.4 Å². The van der Waals surface area contributed by atoms with Crippen molar-refractivity contribution in [1.29, 1.82) is 0 Å². The van der Waals surface area contributed by atoms with Crippen LogP contribution in [0.1, 0.15) is 22.3 Å². The van der Waals surface area contributed by atoms with Gasteiger partial charge in [-0.2, -0.15) is 0 Å². The molecule has 4 heterocycles. The lowest BCUT2D eigenvalue weighted by Crippen LogP contribution is -2.48. The summed E-state index contributed by atoms with van der Waals surface area (Å²) in [5.74, 6) is -0.694. The number of nitrogens with two attached hydrogens (primary N) is 1. The van der Waals surface area contributed by atoms with Crippen molar-refractivity contribution in [1.82, 2.24) is 14.7 Å². The van der Waals surface area contributed by atoms with Crippen LogP contribution in [0, 0.1) is 5.82 Å². The maximum Gasteiger partial charge on any atom is 0.254 e. The molecule has 0 bridgehead atoms. The van der Waals surface area contributed by atoms with E-state index in [1.807, 2.05) is 0 Å². The number of pyridine rings is 1. The quantitative estimate of drug-likeness (QED) is 0.767. The Bertz CT molecular complexity index is 783. The fourth-order valence-electron chi connectivity index (χ4n) is 3.01. The van der Waals surface area contributed by atoms with Gasteiger partial charge in [-0.1, -0.05) is 0 Å². The number of rotatable bonds is 3. The lowest BCUT2D eigenvalue weighted by Gasteiger charge is -2.30. The summed E-state index contributed by atoms with van der Waals surface area (Å²) in [4.78, 5) is 17.2. The molecule has 1 fully saturated rings. The number of halogens is 1. The van der Waals surface area contributed by atoms with Crippen LogP contribution in [0.15, 0.2) is 12.3 Å². The van der Waals surface area contributed by atoms with Gasteiger partial charge < -0.3 is 21.1 Å². The summed E-state index contributed by atoms with van der Waals surface area (Å²) < 4.78 is 24.2. The molecular weight excluding hydrogens is 333 g/mol. The molecule has 7 nitrogen and oxygen atoms in total. The molecule has 2 unspecified atom stereocenters. The number of carbonyl (C=O) groups is 1. The first kappa shape index (κ1) is 15.4. The summed E-state index contributed by atoms with van der Waals surface area (Å²) in [6.07, 6.45) is 2.30. The number of nitrogens with zero attached hydrogens (tertiary/aromatic N) is 2. The van der Waals surface area contributed by atoms with Gasteiger partial charge in [0, 0.05) is 37.0 Å². The van der Waals surface area contributed by atoms with E-state index < -0.39 is 5.82 Å². The van der Waals surface area contributed by atoms with Gasteiger partial charge in [0.15, 0.2) is 11.6 Å². The van der Waals surface area contributed by atoms with Crippen molar-refractivity contribution in [3.8, 4) is 10.6 Å². The molecule has 126 valence electrons. The lowest BCUT2D eigenvalue weighted by molar-refractivity contribution is 0.0751. The molecule has 4 rings (SSSR count). The predicted molar refractivity (Wildman–Crippen MR) is 87.3 cm³/mol. The monoisotopic (exact) mass is 349 g/mol. The molecule has 2 aromatic heterocycles. The molecule has 2 aliphatic rings. The van der Waals surface area contributed by atoms with Crippen molar-refractivity contribution in [3.63, 3.8) is 0 Å².